The van der Waals surface area contributed by atoms with Gasteiger partial charge in [0.25, 0.3) is 0 Å². The van der Waals surface area contributed by atoms with Gasteiger partial charge in [0.05, 0.1) is 22.8 Å². The molecule has 0 aliphatic carbocycles. The zero-order valence-corrected chi connectivity index (χ0v) is 25.9. The first-order valence-corrected chi connectivity index (χ1v) is 17.1. The lowest BCUT2D eigenvalue weighted by molar-refractivity contribution is 0.0815. The van der Waals surface area contributed by atoms with E-state index in [2.05, 4.69) is 39.2 Å². The molecule has 1 amide bonds. The van der Waals surface area contributed by atoms with Crippen LogP contribution in [0.3, 0.4) is 0 Å². The monoisotopic (exact) mass is 618 g/mol. The number of aromatic nitrogens is 2. The zero-order valence-electron chi connectivity index (χ0n) is 25.1. The molecule has 2 aromatic carbocycles. The predicted molar refractivity (Wildman–Crippen MR) is 167 cm³/mol. The van der Waals surface area contributed by atoms with Gasteiger partial charge in [-0.3, -0.25) is 4.90 Å². The third-order valence-corrected chi connectivity index (χ3v) is 10.9. The number of likely N-dealkylation sites (tertiary alicyclic amines) is 2. The van der Waals surface area contributed by atoms with Crippen LogP contribution in [0.1, 0.15) is 47.6 Å². The lowest BCUT2D eigenvalue weighted by Gasteiger charge is -2.43. The SMILES string of the molecule is Cc1cc(C2CN([C@@H]3CCN(C(=O)OCc4ccccc4)C3)C2)cc2c1O[C@@H](C)c1c(ncnc1N1CCS(=O)(=O)CC1)N2. The number of nitrogens with one attached hydrogen (secondary N) is 1. The maximum absolute atomic E-state index is 12.7. The largest absolute Gasteiger partial charge is 0.483 e. The average Bonchev–Trinajstić information content (AvgIpc) is 3.41. The molecular weight excluding hydrogens is 580 g/mol. The van der Waals surface area contributed by atoms with E-state index in [0.29, 0.717) is 50.6 Å². The number of carbonyl (C=O) groups excluding carboxylic acids is 1. The Morgan fingerprint density at radius 2 is 1.84 bits per heavy atom. The summed E-state index contributed by atoms with van der Waals surface area (Å²) in [6.45, 7) is 8.44. The van der Waals surface area contributed by atoms with Crippen molar-refractivity contribution in [1.82, 2.24) is 19.8 Å². The Morgan fingerprint density at radius 1 is 1.07 bits per heavy atom. The van der Waals surface area contributed by atoms with E-state index in [4.69, 9.17) is 9.47 Å². The molecule has 1 aromatic heterocycles. The van der Waals surface area contributed by atoms with E-state index >= 15 is 0 Å². The van der Waals surface area contributed by atoms with Gasteiger partial charge in [0.15, 0.2) is 9.84 Å². The van der Waals surface area contributed by atoms with Crippen molar-refractivity contribution in [3.05, 3.63) is 71.0 Å². The number of carbonyl (C=O) groups is 1. The van der Waals surface area contributed by atoms with Crippen molar-refractivity contribution in [3.63, 3.8) is 0 Å². The van der Waals surface area contributed by atoms with E-state index in [-0.39, 0.29) is 23.7 Å². The average molecular weight is 619 g/mol. The molecule has 0 radical (unpaired) electrons. The van der Waals surface area contributed by atoms with Crippen LogP contribution in [0.4, 0.5) is 22.1 Å². The highest BCUT2D eigenvalue weighted by molar-refractivity contribution is 7.91. The van der Waals surface area contributed by atoms with Gasteiger partial charge in [-0.25, -0.2) is 23.2 Å². The fraction of sp³-hybridized carbons (Fsp3) is 0.469. The molecule has 3 aromatic rings. The number of hydrogen-bond donors (Lipinski definition) is 1. The van der Waals surface area contributed by atoms with Crippen molar-refractivity contribution in [3.8, 4) is 5.75 Å². The summed E-state index contributed by atoms with van der Waals surface area (Å²) in [6.07, 6.45) is 1.92. The molecule has 4 aliphatic heterocycles. The Morgan fingerprint density at radius 3 is 2.61 bits per heavy atom. The first kappa shape index (κ1) is 28.8. The van der Waals surface area contributed by atoms with Crippen molar-refractivity contribution in [1.29, 1.82) is 0 Å². The lowest BCUT2D eigenvalue weighted by Crippen LogP contribution is -2.51. The summed E-state index contributed by atoms with van der Waals surface area (Å²) in [7, 11) is -3.01. The molecule has 2 atom stereocenters. The van der Waals surface area contributed by atoms with Crippen LogP contribution in [-0.2, 0) is 21.2 Å². The van der Waals surface area contributed by atoms with Crippen LogP contribution in [0.15, 0.2) is 48.8 Å². The number of fused-ring (bicyclic) bond motifs is 2. The fourth-order valence-corrected chi connectivity index (χ4v) is 7.93. The van der Waals surface area contributed by atoms with E-state index < -0.39 is 9.84 Å². The van der Waals surface area contributed by atoms with Crippen LogP contribution in [0.25, 0.3) is 0 Å². The van der Waals surface area contributed by atoms with Gasteiger partial charge in [-0.2, -0.15) is 0 Å². The molecule has 4 aliphatic rings. The standard InChI is InChI=1S/C32H38N6O5S/c1-21-14-24(25-16-38(17-25)26-8-9-37(18-26)32(39)42-19-23-6-4-3-5-7-23)15-27-29(21)43-22(2)28-30(35-27)33-20-34-31(28)36-10-12-44(40,41)13-11-36/h3-7,14-15,20,22,25-26H,8-13,16-19H2,1-2H3,(H,33,34,35)/t22-,26+/m0/s1. The molecular formula is C32H38N6O5S. The van der Waals surface area contributed by atoms with E-state index in [1.807, 2.05) is 47.1 Å². The van der Waals surface area contributed by atoms with Crippen LogP contribution in [-0.4, -0.2) is 91.1 Å². The summed E-state index contributed by atoms with van der Waals surface area (Å²) < 4.78 is 36.1. The maximum Gasteiger partial charge on any atom is 0.410 e. The highest BCUT2D eigenvalue weighted by Gasteiger charge is 2.39. The Balaban J connectivity index is 1.00. The molecule has 7 rings (SSSR count). The number of ether oxygens (including phenoxy) is 2. The Hall–Kier alpha value is -3.90. The van der Waals surface area contributed by atoms with Crippen LogP contribution in [0, 0.1) is 6.92 Å². The van der Waals surface area contributed by atoms with Gasteiger partial charge in [-0.05, 0) is 43.0 Å². The van der Waals surface area contributed by atoms with Gasteiger partial charge < -0.3 is 24.6 Å². The van der Waals surface area contributed by atoms with Crippen LogP contribution in [0.5, 0.6) is 5.75 Å². The number of rotatable bonds is 5. The Kier molecular flexibility index (Phi) is 7.57. The summed E-state index contributed by atoms with van der Waals surface area (Å²) in [5.74, 6) is 2.82. The second-order valence-electron chi connectivity index (χ2n) is 12.3. The van der Waals surface area contributed by atoms with Gasteiger partial charge in [-0.1, -0.05) is 36.4 Å². The maximum atomic E-state index is 12.7. The van der Waals surface area contributed by atoms with Gasteiger partial charge in [-0.15, -0.1) is 0 Å². The molecule has 0 bridgehead atoms. The number of amides is 1. The first-order valence-electron chi connectivity index (χ1n) is 15.3. The van der Waals surface area contributed by atoms with Crippen LogP contribution in [0.2, 0.25) is 0 Å². The highest BCUT2D eigenvalue weighted by Crippen LogP contribution is 2.45. The summed E-state index contributed by atoms with van der Waals surface area (Å²) in [5.41, 5.74) is 5.01. The number of benzene rings is 2. The molecule has 232 valence electrons. The zero-order chi connectivity index (χ0) is 30.4. The van der Waals surface area contributed by atoms with E-state index in [9.17, 15) is 13.2 Å². The topological polar surface area (TPSA) is 117 Å². The number of hydrogen-bond acceptors (Lipinski definition) is 10. The van der Waals surface area contributed by atoms with E-state index in [0.717, 1.165) is 53.5 Å². The summed E-state index contributed by atoms with van der Waals surface area (Å²) >= 11 is 0. The van der Waals surface area contributed by atoms with E-state index in [1.165, 1.54) is 11.9 Å². The fourth-order valence-electron chi connectivity index (χ4n) is 6.72. The molecule has 1 N–H and O–H groups in total. The van der Waals surface area contributed by atoms with Crippen molar-refractivity contribution in [2.45, 2.75) is 44.9 Å². The number of sulfone groups is 1. The minimum atomic E-state index is -3.01. The summed E-state index contributed by atoms with van der Waals surface area (Å²) in [6, 6.07) is 14.5. The molecule has 11 nitrogen and oxygen atoms in total. The quantitative estimate of drug-likeness (QED) is 0.449. The molecule has 0 saturated carbocycles. The lowest BCUT2D eigenvalue weighted by atomic mass is 9.88. The third-order valence-electron chi connectivity index (χ3n) is 9.28. The third kappa shape index (κ3) is 5.68. The Labute approximate surface area is 258 Å². The van der Waals surface area contributed by atoms with Gasteiger partial charge >= 0.3 is 6.09 Å². The molecule has 44 heavy (non-hydrogen) atoms. The smallest absolute Gasteiger partial charge is 0.410 e. The number of aryl methyl sites for hydroxylation is 1. The molecule has 0 spiro atoms. The first-order chi connectivity index (χ1) is 21.2. The van der Waals surface area contributed by atoms with Crippen LogP contribution < -0.4 is 15.0 Å². The minimum Gasteiger partial charge on any atom is -0.483 e. The van der Waals surface area contributed by atoms with Gasteiger partial charge in [0, 0.05) is 51.2 Å². The second kappa shape index (κ2) is 11.6. The normalized spacial score (nSPS) is 23.0. The molecule has 0 unspecified atom stereocenters. The number of nitrogens with zero attached hydrogens (tertiary/aromatic N) is 5. The predicted octanol–water partition coefficient (Wildman–Crippen LogP) is 4.03. The summed E-state index contributed by atoms with van der Waals surface area (Å²) in [5, 5.41) is 3.53. The Bertz CT molecular complexity index is 1650. The van der Waals surface area contributed by atoms with Crippen molar-refractivity contribution >= 4 is 33.3 Å². The van der Waals surface area contributed by atoms with Crippen molar-refractivity contribution in [2.24, 2.45) is 0 Å². The summed E-state index contributed by atoms with van der Waals surface area (Å²) in [4.78, 5) is 28.1. The molecule has 5 heterocycles. The highest BCUT2D eigenvalue weighted by atomic mass is 32.2. The minimum absolute atomic E-state index is 0.118. The number of anilines is 3. The van der Waals surface area contributed by atoms with Crippen molar-refractivity contribution < 1.29 is 22.7 Å². The van der Waals surface area contributed by atoms with Crippen LogP contribution >= 0.6 is 0 Å². The van der Waals surface area contributed by atoms with Gasteiger partial charge in [0.1, 0.15) is 36.4 Å². The van der Waals surface area contributed by atoms with Crippen molar-refractivity contribution in [2.75, 3.05) is 61.0 Å². The second-order valence-corrected chi connectivity index (χ2v) is 14.6. The van der Waals surface area contributed by atoms with E-state index in [1.54, 1.807) is 0 Å². The molecule has 3 saturated heterocycles. The molecule has 12 heteroatoms. The molecule has 3 fully saturated rings. The van der Waals surface area contributed by atoms with Gasteiger partial charge in [0.2, 0.25) is 0 Å².